The maximum Gasteiger partial charge on any atom is 0.264 e. The average Bonchev–Trinajstić information content (AvgIpc) is 2.86. The summed E-state index contributed by atoms with van der Waals surface area (Å²) < 4.78 is 28.7. The van der Waals surface area contributed by atoms with E-state index < -0.39 is 28.5 Å². The lowest BCUT2D eigenvalue weighted by Crippen LogP contribution is -2.52. The number of aryl methyl sites for hydroxylation is 2. The molecule has 0 fully saturated rings. The van der Waals surface area contributed by atoms with Gasteiger partial charge < -0.3 is 10.2 Å². The molecule has 0 unspecified atom stereocenters. The predicted octanol–water partition coefficient (Wildman–Crippen LogP) is 5.09. The lowest BCUT2D eigenvalue weighted by atomic mass is 10.1. The Morgan fingerprint density at radius 3 is 1.97 bits per heavy atom. The van der Waals surface area contributed by atoms with Gasteiger partial charge in [-0.15, -0.1) is 0 Å². The Bertz CT molecular complexity index is 1370. The summed E-state index contributed by atoms with van der Waals surface area (Å²) in [7, 11) is -4.10. The zero-order chi connectivity index (χ0) is 28.0. The molecule has 0 aromatic heterocycles. The van der Waals surface area contributed by atoms with Crippen LogP contribution in [0.4, 0.5) is 5.69 Å². The fourth-order valence-corrected chi connectivity index (χ4v) is 5.48. The van der Waals surface area contributed by atoms with Gasteiger partial charge in [0.15, 0.2) is 0 Å². The summed E-state index contributed by atoms with van der Waals surface area (Å²) in [4.78, 5) is 28.3. The van der Waals surface area contributed by atoms with Crippen LogP contribution in [0.1, 0.15) is 37.5 Å². The molecule has 2 amide bonds. The van der Waals surface area contributed by atoms with E-state index in [4.69, 9.17) is 11.6 Å². The average molecular weight is 556 g/mol. The quantitative estimate of drug-likeness (QED) is 0.377. The minimum Gasteiger partial charge on any atom is -0.352 e. The third-order valence-electron chi connectivity index (χ3n) is 6.11. The van der Waals surface area contributed by atoms with Crippen molar-refractivity contribution in [3.8, 4) is 0 Å². The molecule has 1 atom stereocenters. The summed E-state index contributed by atoms with van der Waals surface area (Å²) in [6.07, 6.45) is 0. The number of rotatable bonds is 10. The van der Waals surface area contributed by atoms with Crippen molar-refractivity contribution in [2.45, 2.75) is 58.1 Å². The van der Waals surface area contributed by atoms with Gasteiger partial charge in [-0.1, -0.05) is 65.2 Å². The Morgan fingerprint density at radius 2 is 1.42 bits per heavy atom. The van der Waals surface area contributed by atoms with E-state index in [0.29, 0.717) is 16.3 Å². The van der Waals surface area contributed by atoms with Gasteiger partial charge in [-0.05, 0) is 70.5 Å². The van der Waals surface area contributed by atoms with E-state index in [2.05, 4.69) is 5.32 Å². The van der Waals surface area contributed by atoms with E-state index >= 15 is 0 Å². The number of nitrogens with zero attached hydrogens (tertiary/aromatic N) is 2. The summed E-state index contributed by atoms with van der Waals surface area (Å²) in [6, 6.07) is 19.4. The van der Waals surface area contributed by atoms with Crippen molar-refractivity contribution < 1.29 is 18.0 Å². The molecule has 202 valence electrons. The molecule has 3 aromatic carbocycles. The molecule has 0 aliphatic carbocycles. The van der Waals surface area contributed by atoms with E-state index in [1.165, 1.54) is 17.0 Å². The number of anilines is 1. The zero-order valence-electron chi connectivity index (χ0n) is 22.3. The van der Waals surface area contributed by atoms with Crippen molar-refractivity contribution in [2.75, 3.05) is 10.8 Å². The van der Waals surface area contributed by atoms with Crippen molar-refractivity contribution in [1.29, 1.82) is 0 Å². The van der Waals surface area contributed by atoms with Crippen molar-refractivity contribution >= 4 is 39.1 Å². The first kappa shape index (κ1) is 29.2. The first-order valence-electron chi connectivity index (χ1n) is 12.4. The number of nitrogens with one attached hydrogen (secondary N) is 1. The summed E-state index contributed by atoms with van der Waals surface area (Å²) >= 11 is 6.38. The molecule has 3 aromatic rings. The van der Waals surface area contributed by atoms with Crippen molar-refractivity contribution in [1.82, 2.24) is 10.2 Å². The number of hydrogen-bond acceptors (Lipinski definition) is 4. The minimum atomic E-state index is -4.10. The monoisotopic (exact) mass is 555 g/mol. The number of halogens is 1. The molecule has 3 rings (SSSR count). The Kier molecular flexibility index (Phi) is 9.57. The molecule has 1 N–H and O–H groups in total. The number of carbonyl (C=O) groups excluding carboxylic acids is 2. The Balaban J connectivity index is 2.03. The fourth-order valence-electron chi connectivity index (χ4n) is 3.88. The van der Waals surface area contributed by atoms with Gasteiger partial charge in [-0.2, -0.15) is 0 Å². The molecule has 38 heavy (non-hydrogen) atoms. The normalized spacial score (nSPS) is 12.2. The highest BCUT2D eigenvalue weighted by Gasteiger charge is 2.32. The van der Waals surface area contributed by atoms with E-state index in [9.17, 15) is 18.0 Å². The first-order valence-corrected chi connectivity index (χ1v) is 14.2. The molecule has 0 aliphatic rings. The summed E-state index contributed by atoms with van der Waals surface area (Å²) in [5, 5.41) is 3.28. The Morgan fingerprint density at radius 1 is 0.868 bits per heavy atom. The number of hydrogen-bond donors (Lipinski definition) is 1. The fraction of sp³-hybridized carbons (Fsp3) is 0.310. The van der Waals surface area contributed by atoms with E-state index in [1.54, 1.807) is 67.6 Å². The second-order valence-electron chi connectivity index (χ2n) is 9.61. The van der Waals surface area contributed by atoms with Crippen molar-refractivity contribution in [3.05, 3.63) is 94.5 Å². The largest absolute Gasteiger partial charge is 0.352 e. The molecular formula is C29H34ClN3O4S. The van der Waals surface area contributed by atoms with Gasteiger partial charge in [-0.25, -0.2) is 8.42 Å². The minimum absolute atomic E-state index is 0.0392. The molecule has 9 heteroatoms. The van der Waals surface area contributed by atoms with E-state index in [-0.39, 0.29) is 23.4 Å². The maximum absolute atomic E-state index is 13.9. The molecule has 7 nitrogen and oxygen atoms in total. The van der Waals surface area contributed by atoms with Gasteiger partial charge in [0.25, 0.3) is 10.0 Å². The summed E-state index contributed by atoms with van der Waals surface area (Å²) in [5.74, 6) is -0.878. The molecule has 0 radical (unpaired) electrons. The number of amides is 2. The van der Waals surface area contributed by atoms with Crippen molar-refractivity contribution in [2.24, 2.45) is 0 Å². The highest BCUT2D eigenvalue weighted by atomic mass is 35.5. The predicted molar refractivity (Wildman–Crippen MR) is 152 cm³/mol. The summed E-state index contributed by atoms with van der Waals surface area (Å²) in [5.41, 5.74) is 2.86. The van der Waals surface area contributed by atoms with Crippen LogP contribution in [0.5, 0.6) is 0 Å². The van der Waals surface area contributed by atoms with Crippen LogP contribution in [0.15, 0.2) is 77.7 Å². The third kappa shape index (κ3) is 7.14. The van der Waals surface area contributed by atoms with Gasteiger partial charge >= 0.3 is 0 Å². The molecule has 0 saturated heterocycles. The van der Waals surface area contributed by atoms with Crippen LogP contribution in [0.3, 0.4) is 0 Å². The molecule has 0 spiro atoms. The second-order valence-corrected chi connectivity index (χ2v) is 11.9. The summed E-state index contributed by atoms with van der Waals surface area (Å²) in [6.45, 7) is 8.59. The SMILES string of the molecule is Cc1ccc(N(CC(=O)N(Cc2ccccc2Cl)[C@@H](C)C(=O)NC(C)C)S(=O)(=O)c2ccc(C)cc2)cc1. The van der Waals surface area contributed by atoms with Crippen LogP contribution >= 0.6 is 11.6 Å². The third-order valence-corrected chi connectivity index (χ3v) is 8.26. The van der Waals surface area contributed by atoms with Crippen LogP contribution in [-0.2, 0) is 26.2 Å². The molecular weight excluding hydrogens is 522 g/mol. The van der Waals surface area contributed by atoms with Gasteiger partial charge in [0.2, 0.25) is 11.8 Å². The standard InChI is InChI=1S/C29H34ClN3O4S/c1-20(2)31-29(35)23(5)32(18-24-8-6-7-9-27(24)30)28(34)19-33(25-14-10-21(3)11-15-25)38(36,37)26-16-12-22(4)13-17-26/h6-17,20,23H,18-19H2,1-5H3,(H,31,35)/t23-/m0/s1. The Hall–Kier alpha value is -3.36. The van der Waals surface area contributed by atoms with Crippen LogP contribution in [-0.4, -0.2) is 43.8 Å². The van der Waals surface area contributed by atoms with Gasteiger partial charge in [0, 0.05) is 17.6 Å². The molecule has 0 saturated carbocycles. The number of carbonyl (C=O) groups is 2. The number of benzene rings is 3. The first-order chi connectivity index (χ1) is 17.9. The Labute approximate surface area is 230 Å². The van der Waals surface area contributed by atoms with Gasteiger partial charge in [-0.3, -0.25) is 13.9 Å². The van der Waals surface area contributed by atoms with Crippen LogP contribution in [0, 0.1) is 13.8 Å². The maximum atomic E-state index is 13.9. The number of sulfonamides is 1. The van der Waals surface area contributed by atoms with Crippen LogP contribution in [0.2, 0.25) is 5.02 Å². The van der Waals surface area contributed by atoms with Crippen molar-refractivity contribution in [3.63, 3.8) is 0 Å². The van der Waals surface area contributed by atoms with Gasteiger partial charge in [0.05, 0.1) is 10.6 Å². The topological polar surface area (TPSA) is 86.8 Å². The van der Waals surface area contributed by atoms with Crippen LogP contribution in [0.25, 0.3) is 0 Å². The second kappa shape index (κ2) is 12.5. The zero-order valence-corrected chi connectivity index (χ0v) is 23.9. The molecule has 0 heterocycles. The van der Waals surface area contributed by atoms with Crippen LogP contribution < -0.4 is 9.62 Å². The van der Waals surface area contributed by atoms with E-state index in [0.717, 1.165) is 15.4 Å². The highest BCUT2D eigenvalue weighted by Crippen LogP contribution is 2.26. The lowest BCUT2D eigenvalue weighted by Gasteiger charge is -2.32. The van der Waals surface area contributed by atoms with Gasteiger partial charge in [0.1, 0.15) is 12.6 Å². The molecule has 0 aliphatic heterocycles. The molecule has 0 bridgehead atoms. The lowest BCUT2D eigenvalue weighted by molar-refractivity contribution is -0.139. The smallest absolute Gasteiger partial charge is 0.264 e. The van der Waals surface area contributed by atoms with E-state index in [1.807, 2.05) is 27.7 Å². The highest BCUT2D eigenvalue weighted by molar-refractivity contribution is 7.92.